The van der Waals surface area contributed by atoms with Crippen molar-refractivity contribution in [3.05, 3.63) is 23.8 Å². The molecule has 0 amide bonds. The molecule has 20 heavy (non-hydrogen) atoms. The minimum Gasteiger partial charge on any atom is -0.493 e. The summed E-state index contributed by atoms with van der Waals surface area (Å²) in [4.78, 5) is 0. The van der Waals surface area contributed by atoms with Crippen LogP contribution in [0.2, 0.25) is 0 Å². The van der Waals surface area contributed by atoms with Crippen LogP contribution in [0.1, 0.15) is 32.3 Å². The van der Waals surface area contributed by atoms with Gasteiger partial charge in [0.1, 0.15) is 6.10 Å². The third-order valence-electron chi connectivity index (χ3n) is 3.38. The molecule has 0 spiro atoms. The topological polar surface area (TPSA) is 39.7 Å². The Hall–Kier alpha value is -1.26. The maximum absolute atomic E-state index is 6.15. The highest BCUT2D eigenvalue weighted by atomic mass is 16.5. The van der Waals surface area contributed by atoms with Gasteiger partial charge in [0.2, 0.25) is 0 Å². The van der Waals surface area contributed by atoms with Crippen LogP contribution in [0.3, 0.4) is 0 Å². The Labute approximate surface area is 121 Å². The maximum Gasteiger partial charge on any atom is 0.166 e. The van der Waals surface area contributed by atoms with Crippen molar-refractivity contribution in [2.24, 2.45) is 0 Å². The summed E-state index contributed by atoms with van der Waals surface area (Å²) in [5, 5.41) is 3.42. The Balaban J connectivity index is 2.13. The molecule has 0 aliphatic carbocycles. The average molecular weight is 279 g/mol. The van der Waals surface area contributed by atoms with Crippen molar-refractivity contribution in [1.82, 2.24) is 5.32 Å². The van der Waals surface area contributed by atoms with Crippen molar-refractivity contribution < 1.29 is 14.2 Å². The fourth-order valence-electron chi connectivity index (χ4n) is 2.28. The normalized spacial score (nSPS) is 19.1. The molecule has 0 aromatic heterocycles. The van der Waals surface area contributed by atoms with Gasteiger partial charge in [0.05, 0.1) is 13.7 Å². The van der Waals surface area contributed by atoms with E-state index in [-0.39, 0.29) is 6.10 Å². The molecule has 1 aromatic rings. The van der Waals surface area contributed by atoms with Crippen LogP contribution in [0.25, 0.3) is 0 Å². The Morgan fingerprint density at radius 2 is 2.25 bits per heavy atom. The van der Waals surface area contributed by atoms with Crippen LogP contribution in [0.4, 0.5) is 0 Å². The molecule has 112 valence electrons. The van der Waals surface area contributed by atoms with Crippen molar-refractivity contribution >= 4 is 0 Å². The van der Waals surface area contributed by atoms with E-state index in [4.69, 9.17) is 14.2 Å². The van der Waals surface area contributed by atoms with E-state index < -0.39 is 0 Å². The van der Waals surface area contributed by atoms with Gasteiger partial charge in [-0.05, 0) is 18.9 Å². The van der Waals surface area contributed by atoms with E-state index in [9.17, 15) is 0 Å². The van der Waals surface area contributed by atoms with Crippen LogP contribution in [-0.2, 0) is 11.3 Å². The largest absolute Gasteiger partial charge is 0.493 e. The minimum absolute atomic E-state index is 0.123. The summed E-state index contributed by atoms with van der Waals surface area (Å²) in [5.41, 5.74) is 1.13. The number of hydrogen-bond acceptors (Lipinski definition) is 4. The first-order chi connectivity index (χ1) is 9.70. The molecule has 1 N–H and O–H groups in total. The first-order valence-corrected chi connectivity index (χ1v) is 7.34. The Morgan fingerprint density at radius 3 is 2.90 bits per heavy atom. The fourth-order valence-corrected chi connectivity index (χ4v) is 2.28. The SMILES string of the molecule is COc1cccc(CNC(C)C)c1OC1CCCOC1. The van der Waals surface area contributed by atoms with Crippen molar-refractivity contribution in [3.8, 4) is 11.5 Å². The average Bonchev–Trinajstić information content (AvgIpc) is 2.47. The quantitative estimate of drug-likeness (QED) is 0.869. The number of hydrogen-bond donors (Lipinski definition) is 1. The molecule has 1 aliphatic rings. The van der Waals surface area contributed by atoms with Crippen molar-refractivity contribution in [1.29, 1.82) is 0 Å². The number of ether oxygens (including phenoxy) is 3. The zero-order valence-corrected chi connectivity index (χ0v) is 12.6. The maximum atomic E-state index is 6.15. The summed E-state index contributed by atoms with van der Waals surface area (Å²) in [6.07, 6.45) is 2.21. The van der Waals surface area contributed by atoms with Gasteiger partial charge < -0.3 is 19.5 Å². The van der Waals surface area contributed by atoms with Gasteiger partial charge in [0.25, 0.3) is 0 Å². The highest BCUT2D eigenvalue weighted by molar-refractivity contribution is 5.46. The highest BCUT2D eigenvalue weighted by Gasteiger charge is 2.19. The summed E-state index contributed by atoms with van der Waals surface area (Å²) in [6.45, 7) is 6.55. The molecular weight excluding hydrogens is 254 g/mol. The van der Waals surface area contributed by atoms with Crippen molar-refractivity contribution in [2.75, 3.05) is 20.3 Å². The molecule has 0 radical (unpaired) electrons. The van der Waals surface area contributed by atoms with E-state index >= 15 is 0 Å². The monoisotopic (exact) mass is 279 g/mol. The lowest BCUT2D eigenvalue weighted by atomic mass is 10.1. The lowest BCUT2D eigenvalue weighted by Crippen LogP contribution is -2.29. The van der Waals surface area contributed by atoms with Crippen LogP contribution < -0.4 is 14.8 Å². The molecule has 1 unspecified atom stereocenters. The molecule has 1 aliphatic heterocycles. The lowest BCUT2D eigenvalue weighted by Gasteiger charge is -2.25. The number of rotatable bonds is 6. The molecule has 0 bridgehead atoms. The first kappa shape index (κ1) is 15.1. The third kappa shape index (κ3) is 4.12. The van der Waals surface area contributed by atoms with E-state index in [1.807, 2.05) is 12.1 Å². The second-order valence-corrected chi connectivity index (χ2v) is 5.44. The number of para-hydroxylation sites is 1. The van der Waals surface area contributed by atoms with Crippen molar-refractivity contribution in [2.45, 2.75) is 45.4 Å². The molecule has 1 saturated heterocycles. The van der Waals surface area contributed by atoms with Gasteiger partial charge in [-0.15, -0.1) is 0 Å². The van der Waals surface area contributed by atoms with Crippen LogP contribution in [-0.4, -0.2) is 32.5 Å². The number of methoxy groups -OCH3 is 1. The zero-order valence-electron chi connectivity index (χ0n) is 12.6. The summed E-state index contributed by atoms with van der Waals surface area (Å²) in [6, 6.07) is 6.46. The molecule has 4 nitrogen and oxygen atoms in total. The third-order valence-corrected chi connectivity index (χ3v) is 3.38. The molecule has 1 heterocycles. The summed E-state index contributed by atoms with van der Waals surface area (Å²) >= 11 is 0. The standard InChI is InChI=1S/C16H25NO3/c1-12(2)17-10-13-6-4-8-15(18-3)16(13)20-14-7-5-9-19-11-14/h4,6,8,12,14,17H,5,7,9-11H2,1-3H3. The predicted octanol–water partition coefficient (Wildman–Crippen LogP) is 2.75. The molecule has 1 fully saturated rings. The van der Waals surface area contributed by atoms with E-state index in [0.717, 1.165) is 43.1 Å². The smallest absolute Gasteiger partial charge is 0.166 e. The summed E-state index contributed by atoms with van der Waals surface area (Å²) in [5.74, 6) is 1.64. The van der Waals surface area contributed by atoms with Crippen LogP contribution in [0, 0.1) is 0 Å². The van der Waals surface area contributed by atoms with E-state index in [1.165, 1.54) is 0 Å². The molecule has 4 heteroatoms. The minimum atomic E-state index is 0.123. The first-order valence-electron chi connectivity index (χ1n) is 7.34. The summed E-state index contributed by atoms with van der Waals surface area (Å²) < 4.78 is 17.1. The van der Waals surface area contributed by atoms with Gasteiger partial charge in [-0.3, -0.25) is 0 Å². The number of nitrogens with one attached hydrogen (secondary N) is 1. The molecule has 1 atom stereocenters. The fraction of sp³-hybridized carbons (Fsp3) is 0.625. The Bertz CT molecular complexity index is 414. The van der Waals surface area contributed by atoms with Gasteiger partial charge in [-0.2, -0.15) is 0 Å². The van der Waals surface area contributed by atoms with Crippen molar-refractivity contribution in [3.63, 3.8) is 0 Å². The summed E-state index contributed by atoms with van der Waals surface area (Å²) in [7, 11) is 1.68. The molecule has 2 rings (SSSR count). The van der Waals surface area contributed by atoms with Gasteiger partial charge in [0.15, 0.2) is 11.5 Å². The Morgan fingerprint density at radius 1 is 1.40 bits per heavy atom. The van der Waals surface area contributed by atoms with Crippen LogP contribution in [0.5, 0.6) is 11.5 Å². The van der Waals surface area contributed by atoms with Crippen LogP contribution in [0.15, 0.2) is 18.2 Å². The van der Waals surface area contributed by atoms with Gasteiger partial charge in [-0.25, -0.2) is 0 Å². The molecular formula is C16H25NO3. The lowest BCUT2D eigenvalue weighted by molar-refractivity contribution is 0.00599. The molecule has 1 aromatic carbocycles. The van der Waals surface area contributed by atoms with Crippen LogP contribution >= 0.6 is 0 Å². The van der Waals surface area contributed by atoms with E-state index in [0.29, 0.717) is 12.6 Å². The highest BCUT2D eigenvalue weighted by Crippen LogP contribution is 2.33. The van der Waals surface area contributed by atoms with E-state index in [1.54, 1.807) is 7.11 Å². The molecule has 0 saturated carbocycles. The zero-order chi connectivity index (χ0) is 14.4. The Kier molecular flexibility index (Phi) is 5.68. The van der Waals surface area contributed by atoms with Gasteiger partial charge in [-0.1, -0.05) is 26.0 Å². The van der Waals surface area contributed by atoms with E-state index in [2.05, 4.69) is 25.2 Å². The van der Waals surface area contributed by atoms with Gasteiger partial charge in [0, 0.05) is 24.8 Å². The second kappa shape index (κ2) is 7.50. The van der Waals surface area contributed by atoms with Gasteiger partial charge >= 0.3 is 0 Å². The second-order valence-electron chi connectivity index (χ2n) is 5.44. The predicted molar refractivity (Wildman–Crippen MR) is 79.4 cm³/mol. The number of benzene rings is 1.